The first kappa shape index (κ1) is 20.1. The third-order valence-electron chi connectivity index (χ3n) is 6.50. The van der Waals surface area contributed by atoms with Crippen molar-refractivity contribution in [1.82, 2.24) is 15.5 Å². The van der Waals surface area contributed by atoms with E-state index in [0.29, 0.717) is 0 Å². The molecule has 150 valence electrons. The van der Waals surface area contributed by atoms with E-state index in [1.807, 2.05) is 6.92 Å². The van der Waals surface area contributed by atoms with Crippen LogP contribution in [0, 0.1) is 0 Å². The average molecular weight is 384 g/mol. The minimum absolute atomic E-state index is 0.0200. The van der Waals surface area contributed by atoms with Crippen molar-refractivity contribution in [3.8, 4) is 0 Å². The molecule has 5 nitrogen and oxygen atoms in total. The third-order valence-corrected chi connectivity index (χ3v) is 8.24. The van der Waals surface area contributed by atoms with Gasteiger partial charge < -0.3 is 10.6 Å². The van der Waals surface area contributed by atoms with Gasteiger partial charge in [-0.25, -0.2) is 4.79 Å². The molecule has 2 saturated carbocycles. The largest absolute Gasteiger partial charge is 0.335 e. The van der Waals surface area contributed by atoms with Crippen LogP contribution in [0.25, 0.3) is 0 Å². The molecule has 0 aromatic carbocycles. The monoisotopic (exact) mass is 383 g/mol. The predicted octanol–water partition coefficient (Wildman–Crippen LogP) is 3.16. The number of hydrogen-bond acceptors (Lipinski definition) is 3. The standard InChI is InChI=1S/C20H37N3O2S/c1-2-26(25)19-12-6-8-16(14-19)21-20(24)22-17-9-7-13-23(15-17)18-10-4-3-5-11-18/h16-19H,2-15H2,1H3,(H2,21,22,24). The van der Waals surface area contributed by atoms with Crippen molar-refractivity contribution in [3.63, 3.8) is 0 Å². The van der Waals surface area contributed by atoms with Gasteiger partial charge in [-0.2, -0.15) is 0 Å². The molecular formula is C20H37N3O2S. The van der Waals surface area contributed by atoms with Crippen LogP contribution >= 0.6 is 0 Å². The van der Waals surface area contributed by atoms with Gasteiger partial charge in [0.25, 0.3) is 0 Å². The second-order valence-electron chi connectivity index (χ2n) is 8.40. The van der Waals surface area contributed by atoms with Gasteiger partial charge in [0, 0.05) is 46.5 Å². The maximum Gasteiger partial charge on any atom is 0.315 e. The van der Waals surface area contributed by atoms with Gasteiger partial charge in [-0.15, -0.1) is 0 Å². The summed E-state index contributed by atoms with van der Waals surface area (Å²) in [5.41, 5.74) is 0. The zero-order valence-electron chi connectivity index (χ0n) is 16.4. The Kier molecular flexibility index (Phi) is 7.79. The summed E-state index contributed by atoms with van der Waals surface area (Å²) in [4.78, 5) is 15.1. The molecule has 0 aromatic rings. The summed E-state index contributed by atoms with van der Waals surface area (Å²) in [6, 6.07) is 1.17. The van der Waals surface area contributed by atoms with E-state index in [1.165, 1.54) is 45.1 Å². The Morgan fingerprint density at radius 1 is 0.962 bits per heavy atom. The van der Waals surface area contributed by atoms with Crippen molar-refractivity contribution in [1.29, 1.82) is 0 Å². The van der Waals surface area contributed by atoms with E-state index in [2.05, 4.69) is 15.5 Å². The van der Waals surface area contributed by atoms with Crippen molar-refractivity contribution in [3.05, 3.63) is 0 Å². The van der Waals surface area contributed by atoms with E-state index >= 15 is 0 Å². The number of urea groups is 1. The Morgan fingerprint density at radius 2 is 1.69 bits per heavy atom. The van der Waals surface area contributed by atoms with Crippen LogP contribution in [-0.4, -0.2) is 57.4 Å². The molecule has 1 aliphatic heterocycles. The van der Waals surface area contributed by atoms with Crippen molar-refractivity contribution in [2.75, 3.05) is 18.8 Å². The molecule has 3 fully saturated rings. The molecule has 0 aromatic heterocycles. The molecule has 3 aliphatic rings. The van der Waals surface area contributed by atoms with Crippen molar-refractivity contribution in [2.45, 2.75) is 101 Å². The molecular weight excluding hydrogens is 346 g/mol. The van der Waals surface area contributed by atoms with E-state index in [-0.39, 0.29) is 23.4 Å². The average Bonchev–Trinajstić information content (AvgIpc) is 2.68. The van der Waals surface area contributed by atoms with Crippen LogP contribution in [0.1, 0.15) is 77.6 Å². The second kappa shape index (κ2) is 10.1. The summed E-state index contributed by atoms with van der Waals surface area (Å²) in [5.74, 6) is 0.725. The Labute approximate surface area is 161 Å². The summed E-state index contributed by atoms with van der Waals surface area (Å²) >= 11 is 0. The Hall–Kier alpha value is -0.620. The number of carbonyl (C=O) groups excluding carboxylic acids is 1. The molecule has 2 N–H and O–H groups in total. The van der Waals surface area contributed by atoms with Gasteiger partial charge in [0.15, 0.2) is 0 Å². The molecule has 4 unspecified atom stereocenters. The number of amides is 2. The number of hydrogen-bond donors (Lipinski definition) is 2. The Bertz CT molecular complexity index is 482. The summed E-state index contributed by atoms with van der Waals surface area (Å²) in [5, 5.41) is 6.65. The zero-order chi connectivity index (χ0) is 18.4. The maximum absolute atomic E-state index is 12.5. The lowest BCUT2D eigenvalue weighted by molar-refractivity contribution is 0.111. The lowest BCUT2D eigenvalue weighted by Crippen LogP contribution is -2.54. The Morgan fingerprint density at radius 3 is 2.46 bits per heavy atom. The maximum atomic E-state index is 12.5. The van der Waals surface area contributed by atoms with E-state index < -0.39 is 10.8 Å². The minimum atomic E-state index is -0.741. The molecule has 0 spiro atoms. The number of rotatable bonds is 5. The van der Waals surface area contributed by atoms with Crippen LogP contribution in [0.5, 0.6) is 0 Å². The highest BCUT2D eigenvalue weighted by Gasteiger charge is 2.29. The number of likely N-dealkylation sites (tertiary alicyclic amines) is 1. The lowest BCUT2D eigenvalue weighted by atomic mass is 9.92. The first-order valence-corrected chi connectivity index (χ1v) is 12.2. The van der Waals surface area contributed by atoms with Crippen LogP contribution in [0.15, 0.2) is 0 Å². The highest BCUT2D eigenvalue weighted by atomic mass is 32.2. The van der Waals surface area contributed by atoms with Crippen LogP contribution < -0.4 is 10.6 Å². The fourth-order valence-electron chi connectivity index (χ4n) is 5.07. The van der Waals surface area contributed by atoms with Gasteiger partial charge >= 0.3 is 6.03 Å². The predicted molar refractivity (Wildman–Crippen MR) is 108 cm³/mol. The van der Waals surface area contributed by atoms with Gasteiger partial charge in [0.05, 0.1) is 0 Å². The number of nitrogens with zero attached hydrogens (tertiary/aromatic N) is 1. The van der Waals surface area contributed by atoms with Gasteiger partial charge in [0.1, 0.15) is 0 Å². The minimum Gasteiger partial charge on any atom is -0.335 e. The molecule has 26 heavy (non-hydrogen) atoms. The van der Waals surface area contributed by atoms with Crippen molar-refractivity contribution < 1.29 is 9.00 Å². The summed E-state index contributed by atoms with van der Waals surface area (Å²) in [6.45, 7) is 4.18. The van der Waals surface area contributed by atoms with Gasteiger partial charge in [-0.05, 0) is 51.5 Å². The first-order chi connectivity index (χ1) is 12.7. The third kappa shape index (κ3) is 5.69. The van der Waals surface area contributed by atoms with Gasteiger partial charge in [0.2, 0.25) is 0 Å². The summed E-state index contributed by atoms with van der Waals surface area (Å²) in [7, 11) is -0.741. The highest BCUT2D eigenvalue weighted by Crippen LogP contribution is 2.26. The SMILES string of the molecule is CCS(=O)C1CCCC(NC(=O)NC2CCCN(C3CCCCC3)C2)C1. The molecule has 3 rings (SSSR count). The zero-order valence-corrected chi connectivity index (χ0v) is 17.2. The Balaban J connectivity index is 1.43. The molecule has 1 saturated heterocycles. The smallest absolute Gasteiger partial charge is 0.315 e. The van der Waals surface area contributed by atoms with Crippen LogP contribution in [0.2, 0.25) is 0 Å². The first-order valence-electron chi connectivity index (χ1n) is 10.8. The van der Waals surface area contributed by atoms with E-state index in [9.17, 15) is 9.00 Å². The van der Waals surface area contributed by atoms with E-state index in [4.69, 9.17) is 0 Å². The van der Waals surface area contributed by atoms with Crippen LogP contribution in [0.4, 0.5) is 4.79 Å². The summed E-state index contributed by atoms with van der Waals surface area (Å²) < 4.78 is 12.1. The highest BCUT2D eigenvalue weighted by molar-refractivity contribution is 7.85. The number of carbonyl (C=O) groups is 1. The number of nitrogens with one attached hydrogen (secondary N) is 2. The van der Waals surface area contributed by atoms with Gasteiger partial charge in [-0.1, -0.05) is 32.6 Å². The molecule has 2 amide bonds. The number of piperidine rings is 1. The van der Waals surface area contributed by atoms with Crippen molar-refractivity contribution >= 4 is 16.8 Å². The molecule has 6 heteroatoms. The topological polar surface area (TPSA) is 61.4 Å². The van der Waals surface area contributed by atoms with Crippen LogP contribution in [0.3, 0.4) is 0 Å². The van der Waals surface area contributed by atoms with Gasteiger partial charge in [-0.3, -0.25) is 9.11 Å². The fraction of sp³-hybridized carbons (Fsp3) is 0.950. The fourth-order valence-corrected chi connectivity index (χ4v) is 6.41. The quantitative estimate of drug-likeness (QED) is 0.767. The van der Waals surface area contributed by atoms with E-state index in [0.717, 1.165) is 50.4 Å². The van der Waals surface area contributed by atoms with E-state index in [1.54, 1.807) is 0 Å². The molecule has 1 heterocycles. The lowest BCUT2D eigenvalue weighted by Gasteiger charge is -2.40. The van der Waals surface area contributed by atoms with Crippen molar-refractivity contribution in [2.24, 2.45) is 0 Å². The molecule has 0 bridgehead atoms. The molecule has 0 radical (unpaired) electrons. The molecule has 4 atom stereocenters. The van der Waals surface area contributed by atoms with Crippen LogP contribution in [-0.2, 0) is 10.8 Å². The normalized spacial score (nSPS) is 32.7. The second-order valence-corrected chi connectivity index (χ2v) is 10.4. The summed E-state index contributed by atoms with van der Waals surface area (Å²) in [6.07, 6.45) is 13.0. The molecule has 2 aliphatic carbocycles.